The fraction of sp³-hybridized carbons (Fsp3) is 0.0612. The van der Waals surface area contributed by atoms with Crippen LogP contribution in [0.1, 0.15) is 30.5 Å². The van der Waals surface area contributed by atoms with Gasteiger partial charge in [-0.05, 0) is 104 Å². The summed E-state index contributed by atoms with van der Waals surface area (Å²) in [5.74, 6) is 0.684. The van der Waals surface area contributed by atoms with Gasteiger partial charge in [0.15, 0.2) is 5.82 Å². The maximum atomic E-state index is 9.66. The van der Waals surface area contributed by atoms with E-state index in [9.17, 15) is 5.26 Å². The highest BCUT2D eigenvalue weighted by molar-refractivity contribution is 5.87. The second kappa shape index (κ2) is 13.0. The molecule has 9 rings (SSSR count). The highest BCUT2D eigenvalue weighted by Gasteiger charge is 2.36. The second-order valence-electron chi connectivity index (χ2n) is 14.1. The molecule has 0 spiro atoms. The molecule has 0 N–H and O–H groups in total. The molecule has 0 aliphatic heterocycles. The first-order chi connectivity index (χ1) is 25.9. The van der Waals surface area contributed by atoms with Gasteiger partial charge in [0.05, 0.1) is 23.0 Å². The van der Waals surface area contributed by atoms with Gasteiger partial charge in [-0.25, -0.2) is 9.97 Å². The summed E-state index contributed by atoms with van der Waals surface area (Å²) in [7, 11) is 0. The van der Waals surface area contributed by atoms with E-state index in [0.29, 0.717) is 11.4 Å². The first-order valence-corrected chi connectivity index (χ1v) is 17.8. The first-order valence-electron chi connectivity index (χ1n) is 17.8. The van der Waals surface area contributed by atoms with Crippen molar-refractivity contribution in [1.29, 1.82) is 5.26 Å². The smallest absolute Gasteiger partial charge is 0.160 e. The number of pyridine rings is 1. The summed E-state index contributed by atoms with van der Waals surface area (Å²) in [5, 5.41) is 9.66. The molecule has 8 aromatic rings. The third-order valence-electron chi connectivity index (χ3n) is 10.4. The standard InChI is InChI=1S/C49H34N4/c1-49(2)44-24-32(30-50)15-21-42(44)43-22-20-37(28-45(43)49)40-25-39(34-18-16-33(17-19-34)38-14-9-23-51-31-38)26-41(27-40)47-29-46(35-10-5-3-6-11-35)52-48(53-47)36-12-7-4-8-13-36/h3-29,31H,1-2H3. The predicted octanol–water partition coefficient (Wildman–Crippen LogP) is 12.1. The van der Waals surface area contributed by atoms with Crippen LogP contribution in [0.15, 0.2) is 170 Å². The van der Waals surface area contributed by atoms with Crippen molar-refractivity contribution in [3.05, 3.63) is 187 Å². The van der Waals surface area contributed by atoms with Crippen molar-refractivity contribution in [2.75, 3.05) is 0 Å². The highest BCUT2D eigenvalue weighted by Crippen LogP contribution is 2.50. The van der Waals surface area contributed by atoms with E-state index in [-0.39, 0.29) is 5.41 Å². The predicted molar refractivity (Wildman–Crippen MR) is 215 cm³/mol. The number of hydrogen-bond donors (Lipinski definition) is 0. The monoisotopic (exact) mass is 678 g/mol. The summed E-state index contributed by atoms with van der Waals surface area (Å²) in [4.78, 5) is 14.6. The second-order valence-corrected chi connectivity index (χ2v) is 14.1. The number of hydrogen-bond acceptors (Lipinski definition) is 4. The number of nitrogens with zero attached hydrogens (tertiary/aromatic N) is 4. The summed E-state index contributed by atoms with van der Waals surface area (Å²) < 4.78 is 0. The third-order valence-corrected chi connectivity index (χ3v) is 10.4. The van der Waals surface area contributed by atoms with Crippen molar-refractivity contribution >= 4 is 0 Å². The van der Waals surface area contributed by atoms with Crippen LogP contribution in [0.2, 0.25) is 0 Å². The third kappa shape index (κ3) is 5.89. The minimum atomic E-state index is -0.252. The van der Waals surface area contributed by atoms with Gasteiger partial charge in [-0.1, -0.05) is 123 Å². The average molecular weight is 679 g/mol. The van der Waals surface area contributed by atoms with Crippen LogP contribution < -0.4 is 0 Å². The molecule has 0 bridgehead atoms. The van der Waals surface area contributed by atoms with Crippen molar-refractivity contribution in [2.45, 2.75) is 19.3 Å². The lowest BCUT2D eigenvalue weighted by molar-refractivity contribution is 0.660. The first kappa shape index (κ1) is 32.0. The Labute approximate surface area is 309 Å². The molecule has 6 aromatic carbocycles. The molecule has 1 aliphatic rings. The van der Waals surface area contributed by atoms with E-state index in [2.05, 4.69) is 128 Å². The summed E-state index contributed by atoms with van der Waals surface area (Å²) >= 11 is 0. The van der Waals surface area contributed by atoms with Crippen LogP contribution in [-0.2, 0) is 5.41 Å². The summed E-state index contributed by atoms with van der Waals surface area (Å²) in [6.07, 6.45) is 3.69. The molecule has 0 radical (unpaired) electrons. The zero-order chi connectivity index (χ0) is 35.9. The molecule has 0 atom stereocenters. The quantitative estimate of drug-likeness (QED) is 0.176. The molecule has 0 unspecified atom stereocenters. The largest absolute Gasteiger partial charge is 0.264 e. The lowest BCUT2D eigenvalue weighted by Crippen LogP contribution is -2.15. The van der Waals surface area contributed by atoms with E-state index in [1.54, 1.807) is 6.20 Å². The van der Waals surface area contributed by atoms with Crippen molar-refractivity contribution < 1.29 is 0 Å². The summed E-state index contributed by atoms with van der Waals surface area (Å²) in [6, 6.07) is 57.3. The van der Waals surface area contributed by atoms with Crippen molar-refractivity contribution in [2.24, 2.45) is 0 Å². The molecule has 2 heterocycles. The fourth-order valence-corrected chi connectivity index (χ4v) is 7.55. The molecule has 0 amide bonds. The Hall–Kier alpha value is -6.96. The molecule has 53 heavy (non-hydrogen) atoms. The van der Waals surface area contributed by atoms with Gasteiger partial charge in [-0.2, -0.15) is 5.26 Å². The van der Waals surface area contributed by atoms with Gasteiger partial charge in [0, 0.05) is 34.5 Å². The molecule has 0 saturated carbocycles. The molecule has 0 fully saturated rings. The van der Waals surface area contributed by atoms with Gasteiger partial charge in [0.25, 0.3) is 0 Å². The Balaban J connectivity index is 1.22. The number of nitriles is 1. The molecule has 2 aromatic heterocycles. The number of benzene rings is 6. The minimum absolute atomic E-state index is 0.252. The summed E-state index contributed by atoms with van der Waals surface area (Å²) in [5.41, 5.74) is 16.7. The van der Waals surface area contributed by atoms with Gasteiger partial charge in [-0.15, -0.1) is 0 Å². The van der Waals surface area contributed by atoms with E-state index in [0.717, 1.165) is 61.5 Å². The van der Waals surface area contributed by atoms with Crippen LogP contribution in [0.5, 0.6) is 0 Å². The van der Waals surface area contributed by atoms with Crippen LogP contribution >= 0.6 is 0 Å². The molecule has 1 aliphatic carbocycles. The molecule has 4 heteroatoms. The van der Waals surface area contributed by atoms with Gasteiger partial charge in [-0.3, -0.25) is 4.98 Å². The highest BCUT2D eigenvalue weighted by atomic mass is 14.9. The van der Waals surface area contributed by atoms with Crippen molar-refractivity contribution in [1.82, 2.24) is 15.0 Å². The minimum Gasteiger partial charge on any atom is -0.264 e. The fourth-order valence-electron chi connectivity index (χ4n) is 7.55. The van der Waals surface area contributed by atoms with Crippen LogP contribution in [-0.4, -0.2) is 15.0 Å². The van der Waals surface area contributed by atoms with E-state index in [4.69, 9.17) is 9.97 Å². The van der Waals surface area contributed by atoms with Crippen molar-refractivity contribution in [3.63, 3.8) is 0 Å². The number of rotatable bonds is 6. The van der Waals surface area contributed by atoms with E-state index in [1.165, 1.54) is 22.3 Å². The van der Waals surface area contributed by atoms with Gasteiger partial charge < -0.3 is 0 Å². The SMILES string of the molecule is CC1(C)c2cc(C#N)ccc2-c2ccc(-c3cc(-c4ccc(-c5cccnc5)cc4)cc(-c4cc(-c5ccccc5)nc(-c5ccccc5)n4)c3)cc21. The van der Waals surface area contributed by atoms with Gasteiger partial charge >= 0.3 is 0 Å². The van der Waals surface area contributed by atoms with Crippen molar-refractivity contribution in [3.8, 4) is 84.5 Å². The Morgan fingerprint density at radius 2 is 1.00 bits per heavy atom. The maximum absolute atomic E-state index is 9.66. The molecule has 250 valence electrons. The number of aromatic nitrogens is 3. The van der Waals surface area contributed by atoms with E-state index in [1.807, 2.05) is 60.8 Å². The molecule has 0 saturated heterocycles. The van der Waals surface area contributed by atoms with Crippen LogP contribution in [0.25, 0.3) is 78.4 Å². The Bertz CT molecular complexity index is 2620. The Kier molecular flexibility index (Phi) is 7.83. The maximum Gasteiger partial charge on any atom is 0.160 e. The van der Waals surface area contributed by atoms with Gasteiger partial charge in [0.1, 0.15) is 0 Å². The molecular weight excluding hydrogens is 645 g/mol. The number of fused-ring (bicyclic) bond motifs is 3. The van der Waals surface area contributed by atoms with Crippen LogP contribution in [0.3, 0.4) is 0 Å². The van der Waals surface area contributed by atoms with E-state index >= 15 is 0 Å². The van der Waals surface area contributed by atoms with Gasteiger partial charge in [0.2, 0.25) is 0 Å². The normalized spacial score (nSPS) is 12.5. The van der Waals surface area contributed by atoms with E-state index < -0.39 is 0 Å². The Morgan fingerprint density at radius 3 is 1.66 bits per heavy atom. The lowest BCUT2D eigenvalue weighted by atomic mass is 9.81. The molecular formula is C49H34N4. The zero-order valence-electron chi connectivity index (χ0n) is 29.5. The topological polar surface area (TPSA) is 62.5 Å². The molecule has 4 nitrogen and oxygen atoms in total. The lowest BCUT2D eigenvalue weighted by Gasteiger charge is -2.22. The average Bonchev–Trinajstić information content (AvgIpc) is 3.46. The Morgan fingerprint density at radius 1 is 0.453 bits per heavy atom. The zero-order valence-corrected chi connectivity index (χ0v) is 29.5. The van der Waals surface area contributed by atoms with Crippen LogP contribution in [0.4, 0.5) is 0 Å². The van der Waals surface area contributed by atoms with Crippen LogP contribution in [0, 0.1) is 11.3 Å². The summed E-state index contributed by atoms with van der Waals surface area (Å²) in [6.45, 7) is 4.51.